The molecule has 116 valence electrons. The Bertz CT molecular complexity index is 786. The summed E-state index contributed by atoms with van der Waals surface area (Å²) >= 11 is 0. The second-order valence-corrected chi connectivity index (χ2v) is 6.66. The fraction of sp³-hybridized carbons (Fsp3) is 0.188. The normalized spacial score (nSPS) is 12.7. The predicted molar refractivity (Wildman–Crippen MR) is 84.9 cm³/mol. The summed E-state index contributed by atoms with van der Waals surface area (Å²) < 4.78 is 23.0. The number of hydrogen-bond acceptors (Lipinski definition) is 3. The van der Waals surface area contributed by atoms with E-state index in [1.165, 1.54) is 6.07 Å². The van der Waals surface area contributed by atoms with Crippen LogP contribution in [-0.4, -0.2) is 14.3 Å². The lowest BCUT2D eigenvalue weighted by molar-refractivity contribution is 0.0939. The average Bonchev–Trinajstić information content (AvgIpc) is 2.47. The summed E-state index contributed by atoms with van der Waals surface area (Å²) in [6.07, 6.45) is 0. The maximum absolute atomic E-state index is 12.3. The van der Waals surface area contributed by atoms with E-state index in [9.17, 15) is 13.2 Å². The first-order chi connectivity index (χ1) is 10.3. The van der Waals surface area contributed by atoms with Crippen LogP contribution < -0.4 is 10.5 Å². The van der Waals surface area contributed by atoms with Gasteiger partial charge in [-0.05, 0) is 37.1 Å². The molecule has 0 radical (unpaired) electrons. The second kappa shape index (κ2) is 6.29. The summed E-state index contributed by atoms with van der Waals surface area (Å²) in [7, 11) is -3.85. The highest BCUT2D eigenvalue weighted by atomic mass is 32.2. The first kappa shape index (κ1) is 16.2. The molecule has 0 fully saturated rings. The molecular formula is C16H18N2O3S. The van der Waals surface area contributed by atoms with Gasteiger partial charge >= 0.3 is 0 Å². The van der Waals surface area contributed by atoms with Crippen molar-refractivity contribution in [2.75, 3.05) is 0 Å². The number of hydrogen-bond donors (Lipinski definition) is 2. The van der Waals surface area contributed by atoms with Gasteiger partial charge in [-0.2, -0.15) is 0 Å². The second-order valence-electron chi connectivity index (χ2n) is 5.13. The van der Waals surface area contributed by atoms with Gasteiger partial charge in [0.2, 0.25) is 10.0 Å². The minimum absolute atomic E-state index is 0.0347. The number of amides is 1. The van der Waals surface area contributed by atoms with Gasteiger partial charge < -0.3 is 5.32 Å². The van der Waals surface area contributed by atoms with Crippen LogP contribution in [-0.2, 0) is 10.0 Å². The molecule has 2 aromatic carbocycles. The van der Waals surface area contributed by atoms with Crippen molar-refractivity contribution in [3.63, 3.8) is 0 Å². The van der Waals surface area contributed by atoms with E-state index < -0.39 is 10.0 Å². The molecule has 0 spiro atoms. The Morgan fingerprint density at radius 2 is 1.77 bits per heavy atom. The lowest BCUT2D eigenvalue weighted by atomic mass is 10.1. The maximum Gasteiger partial charge on any atom is 0.251 e. The highest BCUT2D eigenvalue weighted by Gasteiger charge is 2.16. The molecule has 0 saturated carbocycles. The Kier molecular flexibility index (Phi) is 4.63. The molecule has 3 N–H and O–H groups in total. The van der Waals surface area contributed by atoms with Crippen LogP contribution in [0.3, 0.4) is 0 Å². The summed E-state index contributed by atoms with van der Waals surface area (Å²) in [5, 5.41) is 8.00. The van der Waals surface area contributed by atoms with Crippen LogP contribution in [0.25, 0.3) is 0 Å². The topological polar surface area (TPSA) is 89.3 Å². The number of carbonyl (C=O) groups excluding carboxylic acids is 1. The van der Waals surface area contributed by atoms with Crippen LogP contribution in [0.5, 0.6) is 0 Å². The van der Waals surface area contributed by atoms with E-state index in [-0.39, 0.29) is 22.4 Å². The van der Waals surface area contributed by atoms with E-state index in [2.05, 4.69) is 5.32 Å². The Hall–Kier alpha value is -2.18. The first-order valence-electron chi connectivity index (χ1n) is 6.78. The molecule has 0 aliphatic rings. The number of carbonyl (C=O) groups is 1. The SMILES string of the molecule is Cc1ccc(C(=O)NC(C)c2ccccc2)cc1S(N)(=O)=O. The molecule has 6 heteroatoms. The van der Waals surface area contributed by atoms with Gasteiger partial charge in [-0.25, -0.2) is 13.6 Å². The van der Waals surface area contributed by atoms with Gasteiger partial charge in [0.1, 0.15) is 0 Å². The van der Waals surface area contributed by atoms with Crippen molar-refractivity contribution in [1.82, 2.24) is 5.32 Å². The van der Waals surface area contributed by atoms with E-state index in [0.717, 1.165) is 5.56 Å². The molecule has 0 aliphatic heterocycles. The molecule has 0 saturated heterocycles. The summed E-state index contributed by atoms with van der Waals surface area (Å²) in [6.45, 7) is 3.50. The number of benzene rings is 2. The maximum atomic E-state index is 12.3. The molecule has 5 nitrogen and oxygen atoms in total. The van der Waals surface area contributed by atoms with Gasteiger partial charge in [-0.3, -0.25) is 4.79 Å². The Balaban J connectivity index is 2.24. The highest BCUT2D eigenvalue weighted by molar-refractivity contribution is 7.89. The number of sulfonamides is 1. The quantitative estimate of drug-likeness (QED) is 0.905. The van der Waals surface area contributed by atoms with Crippen molar-refractivity contribution in [3.05, 3.63) is 65.2 Å². The van der Waals surface area contributed by atoms with E-state index in [4.69, 9.17) is 5.14 Å². The van der Waals surface area contributed by atoms with Crippen molar-refractivity contribution in [2.24, 2.45) is 5.14 Å². The predicted octanol–water partition coefficient (Wildman–Crippen LogP) is 2.13. The minimum atomic E-state index is -3.85. The highest BCUT2D eigenvalue weighted by Crippen LogP contribution is 2.17. The zero-order valence-corrected chi connectivity index (χ0v) is 13.2. The molecule has 22 heavy (non-hydrogen) atoms. The smallest absolute Gasteiger partial charge is 0.251 e. The van der Waals surface area contributed by atoms with Crippen LogP contribution >= 0.6 is 0 Å². The average molecular weight is 318 g/mol. The molecule has 1 unspecified atom stereocenters. The van der Waals surface area contributed by atoms with Gasteiger partial charge in [0, 0.05) is 5.56 Å². The standard InChI is InChI=1S/C16H18N2O3S/c1-11-8-9-14(10-15(11)22(17,20)21)16(19)18-12(2)13-6-4-3-5-7-13/h3-10,12H,1-2H3,(H,18,19)(H2,17,20,21). The zero-order valence-electron chi connectivity index (χ0n) is 12.4. The van der Waals surface area contributed by atoms with Crippen molar-refractivity contribution >= 4 is 15.9 Å². The van der Waals surface area contributed by atoms with E-state index in [0.29, 0.717) is 5.56 Å². The molecule has 1 amide bonds. The van der Waals surface area contributed by atoms with Crippen LogP contribution in [0, 0.1) is 6.92 Å². The Morgan fingerprint density at radius 3 is 2.36 bits per heavy atom. The Labute approximate surface area is 130 Å². The van der Waals surface area contributed by atoms with Gasteiger partial charge in [0.15, 0.2) is 0 Å². The monoisotopic (exact) mass is 318 g/mol. The van der Waals surface area contributed by atoms with Gasteiger partial charge in [0.05, 0.1) is 10.9 Å². The number of aryl methyl sites for hydroxylation is 1. The molecule has 0 heterocycles. The molecular weight excluding hydrogens is 300 g/mol. The van der Waals surface area contributed by atoms with E-state index >= 15 is 0 Å². The Morgan fingerprint density at radius 1 is 1.14 bits per heavy atom. The summed E-state index contributed by atoms with van der Waals surface area (Å²) in [4.78, 5) is 12.2. The summed E-state index contributed by atoms with van der Waals surface area (Å²) in [5.41, 5.74) is 1.74. The van der Waals surface area contributed by atoms with E-state index in [1.807, 2.05) is 37.3 Å². The molecule has 0 aromatic heterocycles. The van der Waals surface area contributed by atoms with Gasteiger partial charge in [0.25, 0.3) is 5.91 Å². The fourth-order valence-corrected chi connectivity index (χ4v) is 2.96. The van der Waals surface area contributed by atoms with Crippen LogP contribution in [0.15, 0.2) is 53.4 Å². The molecule has 0 aliphatic carbocycles. The number of nitrogens with one attached hydrogen (secondary N) is 1. The van der Waals surface area contributed by atoms with Crippen LogP contribution in [0.4, 0.5) is 0 Å². The van der Waals surface area contributed by atoms with Crippen molar-refractivity contribution in [2.45, 2.75) is 24.8 Å². The third-order valence-electron chi connectivity index (χ3n) is 3.40. The fourth-order valence-electron chi connectivity index (χ4n) is 2.15. The van der Waals surface area contributed by atoms with Crippen molar-refractivity contribution in [1.29, 1.82) is 0 Å². The molecule has 0 bridgehead atoms. The molecule has 2 aromatic rings. The number of rotatable bonds is 4. The van der Waals surface area contributed by atoms with Crippen molar-refractivity contribution in [3.8, 4) is 0 Å². The third-order valence-corrected chi connectivity index (χ3v) is 4.46. The van der Waals surface area contributed by atoms with Crippen molar-refractivity contribution < 1.29 is 13.2 Å². The van der Waals surface area contributed by atoms with Gasteiger partial charge in [-0.1, -0.05) is 36.4 Å². The lowest BCUT2D eigenvalue weighted by Crippen LogP contribution is -2.27. The largest absolute Gasteiger partial charge is 0.346 e. The van der Waals surface area contributed by atoms with Crippen LogP contribution in [0.2, 0.25) is 0 Å². The molecule has 2 rings (SSSR count). The summed E-state index contributed by atoms with van der Waals surface area (Å²) in [5.74, 6) is -0.346. The summed E-state index contributed by atoms with van der Waals surface area (Å²) in [6, 6.07) is 13.8. The number of nitrogens with two attached hydrogens (primary N) is 1. The zero-order chi connectivity index (χ0) is 16.3. The number of primary sulfonamides is 1. The van der Waals surface area contributed by atoms with E-state index in [1.54, 1.807) is 19.1 Å². The lowest BCUT2D eigenvalue weighted by Gasteiger charge is -2.15. The molecule has 1 atom stereocenters. The van der Waals surface area contributed by atoms with Crippen LogP contribution in [0.1, 0.15) is 34.5 Å². The minimum Gasteiger partial charge on any atom is -0.346 e. The first-order valence-corrected chi connectivity index (χ1v) is 8.33. The third kappa shape index (κ3) is 3.72. The van der Waals surface area contributed by atoms with Gasteiger partial charge in [-0.15, -0.1) is 0 Å².